The molecule has 0 spiro atoms. The quantitative estimate of drug-likeness (QED) is 0.916. The number of benzene rings is 1. The van der Waals surface area contributed by atoms with Crippen LogP contribution in [0, 0.1) is 0 Å². The number of fused-ring (bicyclic) bond motifs is 1. The summed E-state index contributed by atoms with van der Waals surface area (Å²) in [4.78, 5) is 2.46. The maximum Gasteiger partial charge on any atom is 0.165 e. The molecule has 4 heteroatoms. The smallest absolute Gasteiger partial charge is 0.165 e. The molecule has 0 aliphatic carbocycles. The van der Waals surface area contributed by atoms with E-state index in [2.05, 4.69) is 11.0 Å². The van der Waals surface area contributed by atoms with E-state index < -0.39 is 0 Å². The maximum absolute atomic E-state index is 9.62. The second-order valence-corrected chi connectivity index (χ2v) is 5.79. The minimum absolute atomic E-state index is 0.232. The minimum atomic E-state index is -0.232. The highest BCUT2D eigenvalue weighted by Crippen LogP contribution is 2.35. The van der Waals surface area contributed by atoms with Gasteiger partial charge >= 0.3 is 0 Å². The Bertz CT molecular complexity index is 461. The number of rotatable bonds is 4. The lowest BCUT2D eigenvalue weighted by molar-refractivity contribution is 0.128. The van der Waals surface area contributed by atoms with Crippen LogP contribution >= 0.6 is 0 Å². The summed E-state index contributed by atoms with van der Waals surface area (Å²) < 4.78 is 11.4. The highest BCUT2D eigenvalue weighted by Gasteiger charge is 2.27. The van der Waals surface area contributed by atoms with Gasteiger partial charge in [-0.25, -0.2) is 0 Å². The molecule has 0 radical (unpaired) electrons. The van der Waals surface area contributed by atoms with E-state index >= 15 is 0 Å². The Hall–Kier alpha value is -1.26. The van der Waals surface area contributed by atoms with Crippen molar-refractivity contribution < 1.29 is 14.6 Å². The number of aliphatic hydroxyl groups excluding tert-OH is 1. The standard InChI is InChI=1S/C16H23NO3/c1-12(18)10-14-5-3-7-17(14)11-13-4-2-6-15-16(13)20-9-8-19-15/h2,4,6,12,14,18H,3,5,7-11H2,1H3. The van der Waals surface area contributed by atoms with Crippen molar-refractivity contribution in [3.8, 4) is 11.5 Å². The first-order chi connectivity index (χ1) is 9.74. The monoisotopic (exact) mass is 277 g/mol. The number of aliphatic hydroxyl groups is 1. The third kappa shape index (κ3) is 2.91. The second kappa shape index (κ2) is 6.02. The predicted molar refractivity (Wildman–Crippen MR) is 77.2 cm³/mol. The van der Waals surface area contributed by atoms with Crippen molar-refractivity contribution in [2.75, 3.05) is 19.8 Å². The molecule has 2 aliphatic heterocycles. The molecule has 0 bridgehead atoms. The van der Waals surface area contributed by atoms with Gasteiger partial charge in [0.05, 0.1) is 6.10 Å². The fourth-order valence-corrected chi connectivity index (χ4v) is 3.24. The van der Waals surface area contributed by atoms with E-state index in [1.54, 1.807) is 0 Å². The van der Waals surface area contributed by atoms with Gasteiger partial charge in [0.25, 0.3) is 0 Å². The Morgan fingerprint density at radius 2 is 2.20 bits per heavy atom. The Balaban J connectivity index is 1.74. The van der Waals surface area contributed by atoms with Crippen LogP contribution in [0.1, 0.15) is 31.7 Å². The van der Waals surface area contributed by atoms with Crippen LogP contribution in [0.5, 0.6) is 11.5 Å². The fourth-order valence-electron chi connectivity index (χ4n) is 3.24. The lowest BCUT2D eigenvalue weighted by Gasteiger charge is -2.28. The van der Waals surface area contributed by atoms with Gasteiger partial charge < -0.3 is 14.6 Å². The lowest BCUT2D eigenvalue weighted by atomic mass is 10.1. The topological polar surface area (TPSA) is 41.9 Å². The van der Waals surface area contributed by atoms with Gasteiger partial charge in [0.15, 0.2) is 11.5 Å². The molecule has 1 aromatic rings. The molecule has 1 fully saturated rings. The van der Waals surface area contributed by atoms with E-state index in [1.807, 2.05) is 19.1 Å². The number of hydrogen-bond acceptors (Lipinski definition) is 4. The SMILES string of the molecule is CC(O)CC1CCCN1Cc1cccc2c1OCCO2. The zero-order chi connectivity index (χ0) is 13.9. The van der Waals surface area contributed by atoms with Gasteiger partial charge in [-0.3, -0.25) is 4.90 Å². The van der Waals surface area contributed by atoms with Crippen molar-refractivity contribution in [2.45, 2.75) is 44.9 Å². The molecule has 2 atom stereocenters. The van der Waals surface area contributed by atoms with E-state index in [1.165, 1.54) is 18.4 Å². The molecule has 4 nitrogen and oxygen atoms in total. The summed E-state index contributed by atoms with van der Waals surface area (Å²) in [5, 5.41) is 9.62. The fraction of sp³-hybridized carbons (Fsp3) is 0.625. The molecule has 20 heavy (non-hydrogen) atoms. The van der Waals surface area contributed by atoms with Gasteiger partial charge in [-0.05, 0) is 38.8 Å². The van der Waals surface area contributed by atoms with E-state index in [-0.39, 0.29) is 6.10 Å². The average Bonchev–Trinajstić information content (AvgIpc) is 2.86. The van der Waals surface area contributed by atoms with Crippen molar-refractivity contribution >= 4 is 0 Å². The van der Waals surface area contributed by atoms with Crippen LogP contribution in [0.15, 0.2) is 18.2 Å². The van der Waals surface area contributed by atoms with Crippen molar-refractivity contribution in [3.63, 3.8) is 0 Å². The minimum Gasteiger partial charge on any atom is -0.486 e. The van der Waals surface area contributed by atoms with E-state index in [0.29, 0.717) is 19.3 Å². The average molecular weight is 277 g/mol. The van der Waals surface area contributed by atoms with Gasteiger partial charge in [-0.1, -0.05) is 12.1 Å². The largest absolute Gasteiger partial charge is 0.486 e. The summed E-state index contributed by atoms with van der Waals surface area (Å²) in [6, 6.07) is 6.60. The van der Waals surface area contributed by atoms with Crippen LogP contribution < -0.4 is 9.47 Å². The molecular formula is C16H23NO3. The Morgan fingerprint density at radius 3 is 3.05 bits per heavy atom. The molecule has 1 aromatic carbocycles. The zero-order valence-electron chi connectivity index (χ0n) is 12.0. The normalized spacial score (nSPS) is 23.8. The molecule has 1 N–H and O–H groups in total. The van der Waals surface area contributed by atoms with Gasteiger partial charge in [-0.2, -0.15) is 0 Å². The second-order valence-electron chi connectivity index (χ2n) is 5.79. The third-order valence-electron chi connectivity index (χ3n) is 4.13. The Kier molecular flexibility index (Phi) is 4.13. The van der Waals surface area contributed by atoms with Crippen LogP contribution in [0.4, 0.5) is 0 Å². The molecule has 2 heterocycles. The van der Waals surface area contributed by atoms with Crippen LogP contribution in [0.2, 0.25) is 0 Å². The summed E-state index contributed by atoms with van der Waals surface area (Å²) >= 11 is 0. The molecule has 2 unspecified atom stereocenters. The van der Waals surface area contributed by atoms with Crippen molar-refractivity contribution in [2.24, 2.45) is 0 Å². The van der Waals surface area contributed by atoms with Crippen LogP contribution in [-0.4, -0.2) is 41.9 Å². The highest BCUT2D eigenvalue weighted by molar-refractivity contribution is 5.47. The summed E-state index contributed by atoms with van der Waals surface area (Å²) in [5.74, 6) is 1.77. The van der Waals surface area contributed by atoms with Crippen LogP contribution in [-0.2, 0) is 6.54 Å². The molecule has 0 saturated carbocycles. The third-order valence-corrected chi connectivity index (χ3v) is 4.13. The van der Waals surface area contributed by atoms with Gasteiger partial charge in [0, 0.05) is 18.2 Å². The number of nitrogens with zero attached hydrogens (tertiary/aromatic N) is 1. The number of likely N-dealkylation sites (tertiary alicyclic amines) is 1. The molecular weight excluding hydrogens is 254 g/mol. The first-order valence-corrected chi connectivity index (χ1v) is 7.53. The molecule has 110 valence electrons. The Morgan fingerprint density at radius 1 is 1.35 bits per heavy atom. The zero-order valence-corrected chi connectivity index (χ0v) is 12.0. The number of hydrogen-bond donors (Lipinski definition) is 1. The van der Waals surface area contributed by atoms with Crippen molar-refractivity contribution in [1.29, 1.82) is 0 Å². The summed E-state index contributed by atoms with van der Waals surface area (Å²) in [6.45, 7) is 5.11. The highest BCUT2D eigenvalue weighted by atomic mass is 16.6. The molecule has 3 rings (SSSR count). The number of ether oxygens (including phenoxy) is 2. The van der Waals surface area contributed by atoms with Crippen molar-refractivity contribution in [3.05, 3.63) is 23.8 Å². The summed E-state index contributed by atoms with van der Waals surface area (Å²) in [5.41, 5.74) is 1.19. The lowest BCUT2D eigenvalue weighted by Crippen LogP contribution is -2.31. The summed E-state index contributed by atoms with van der Waals surface area (Å²) in [7, 11) is 0. The van der Waals surface area contributed by atoms with E-state index in [0.717, 1.165) is 31.0 Å². The van der Waals surface area contributed by atoms with Crippen molar-refractivity contribution in [1.82, 2.24) is 4.90 Å². The number of para-hydroxylation sites is 1. The van der Waals surface area contributed by atoms with Gasteiger partial charge in [0.2, 0.25) is 0 Å². The Labute approximate surface area is 120 Å². The van der Waals surface area contributed by atoms with Gasteiger partial charge in [0.1, 0.15) is 13.2 Å². The molecule has 0 amide bonds. The molecule has 0 aromatic heterocycles. The predicted octanol–water partition coefficient (Wildman–Crippen LogP) is 2.19. The van der Waals surface area contributed by atoms with Crippen LogP contribution in [0.3, 0.4) is 0 Å². The van der Waals surface area contributed by atoms with Gasteiger partial charge in [-0.15, -0.1) is 0 Å². The first-order valence-electron chi connectivity index (χ1n) is 7.53. The first kappa shape index (κ1) is 13.7. The summed E-state index contributed by atoms with van der Waals surface area (Å²) in [6.07, 6.45) is 3.01. The van der Waals surface area contributed by atoms with E-state index in [9.17, 15) is 5.11 Å². The van der Waals surface area contributed by atoms with Crippen LogP contribution in [0.25, 0.3) is 0 Å². The molecule has 2 aliphatic rings. The maximum atomic E-state index is 9.62. The molecule has 1 saturated heterocycles. The van der Waals surface area contributed by atoms with E-state index in [4.69, 9.17) is 9.47 Å².